The molecule has 4 rings (SSSR count). The maximum Gasteiger partial charge on any atom is 0.336 e. The second-order valence-electron chi connectivity index (χ2n) is 5.56. The van der Waals surface area contributed by atoms with Crippen LogP contribution in [0.2, 0.25) is 0 Å². The minimum absolute atomic E-state index is 0.176. The lowest BCUT2D eigenvalue weighted by atomic mass is 10.0. The summed E-state index contributed by atoms with van der Waals surface area (Å²) < 4.78 is 0. The lowest BCUT2D eigenvalue weighted by molar-refractivity contribution is 0.0686. The number of fused-ring (bicyclic) bond motifs is 2. The molecule has 0 spiro atoms. The molecule has 0 radical (unpaired) electrons. The Balaban J connectivity index is 1.96. The molecule has 0 saturated heterocycles. The summed E-state index contributed by atoms with van der Waals surface area (Å²) in [6, 6.07) is 11.9. The number of aromatic carboxylic acids is 2. The summed E-state index contributed by atoms with van der Waals surface area (Å²) in [4.78, 5) is 28.8. The third-order valence-corrected chi connectivity index (χ3v) is 4.08. The van der Waals surface area contributed by atoms with E-state index in [2.05, 4.69) is 9.97 Å². The van der Waals surface area contributed by atoms with Gasteiger partial charge >= 0.3 is 11.9 Å². The van der Waals surface area contributed by atoms with Crippen molar-refractivity contribution in [3.05, 3.63) is 59.8 Å². The topological polar surface area (TPSA) is 106 Å². The van der Waals surface area contributed by atoms with Crippen LogP contribution in [0, 0.1) is 0 Å². The maximum absolute atomic E-state index is 11.6. The molecule has 0 aliphatic rings. The number of carboxylic acid groups (broad SMARTS) is 2. The van der Waals surface area contributed by atoms with E-state index in [1.165, 1.54) is 12.1 Å². The van der Waals surface area contributed by atoms with Crippen LogP contribution < -0.4 is 0 Å². The van der Waals surface area contributed by atoms with Gasteiger partial charge in [-0.3, -0.25) is 0 Å². The fourth-order valence-corrected chi connectivity index (χ4v) is 2.91. The predicted molar refractivity (Wildman–Crippen MR) is 89.5 cm³/mol. The first-order chi connectivity index (χ1) is 11.5. The number of benzene rings is 2. The van der Waals surface area contributed by atoms with Crippen molar-refractivity contribution >= 4 is 33.7 Å². The summed E-state index contributed by atoms with van der Waals surface area (Å²) in [6.07, 6.45) is 1.75. The van der Waals surface area contributed by atoms with Crippen LogP contribution in [-0.2, 0) is 0 Å². The summed E-state index contributed by atoms with van der Waals surface area (Å²) in [6.45, 7) is 0. The molecule has 118 valence electrons. The number of rotatable bonds is 3. The van der Waals surface area contributed by atoms with Gasteiger partial charge in [-0.25, -0.2) is 9.59 Å². The maximum atomic E-state index is 11.6. The van der Waals surface area contributed by atoms with Gasteiger partial charge in [0, 0.05) is 39.3 Å². The average Bonchev–Trinajstić information content (AvgIpc) is 3.18. The van der Waals surface area contributed by atoms with Crippen LogP contribution >= 0.6 is 0 Å². The van der Waals surface area contributed by atoms with Crippen LogP contribution in [0.25, 0.3) is 33.1 Å². The molecule has 2 heterocycles. The standard InChI is InChI=1S/C18H12N2O4/c21-17(22)11-2-1-9-6-16(20-15(9)7-11)12-5-10-3-4-19-14(10)8-13(12)18(23)24/h1-8,19-20H,(H,21,22)(H,23,24). The number of H-pyrrole nitrogens is 2. The highest BCUT2D eigenvalue weighted by Crippen LogP contribution is 2.31. The molecule has 0 aliphatic carbocycles. The van der Waals surface area contributed by atoms with Crippen LogP contribution in [0.1, 0.15) is 20.7 Å². The van der Waals surface area contributed by atoms with Gasteiger partial charge in [0.05, 0.1) is 11.1 Å². The molecule has 6 nitrogen and oxygen atoms in total. The van der Waals surface area contributed by atoms with Gasteiger partial charge in [0.2, 0.25) is 0 Å². The Bertz CT molecular complexity index is 1120. The summed E-state index contributed by atoms with van der Waals surface area (Å²) in [5.74, 6) is -2.03. The third kappa shape index (κ3) is 2.13. The number of nitrogens with one attached hydrogen (secondary N) is 2. The van der Waals surface area contributed by atoms with Crippen molar-refractivity contribution in [2.24, 2.45) is 0 Å². The van der Waals surface area contributed by atoms with Crippen molar-refractivity contribution in [3.63, 3.8) is 0 Å². The largest absolute Gasteiger partial charge is 0.478 e. The Labute approximate surface area is 135 Å². The Morgan fingerprint density at radius 1 is 0.833 bits per heavy atom. The summed E-state index contributed by atoms with van der Waals surface area (Å²) in [5, 5.41) is 20.3. The van der Waals surface area contributed by atoms with E-state index in [1.54, 1.807) is 24.4 Å². The molecule has 2 aromatic carbocycles. The first kappa shape index (κ1) is 14.1. The molecular formula is C18H12N2O4. The van der Waals surface area contributed by atoms with Gasteiger partial charge in [-0.05, 0) is 36.4 Å². The molecule has 4 N–H and O–H groups in total. The molecule has 24 heavy (non-hydrogen) atoms. The highest BCUT2D eigenvalue weighted by Gasteiger charge is 2.16. The average molecular weight is 320 g/mol. The minimum Gasteiger partial charge on any atom is -0.478 e. The number of hydrogen-bond acceptors (Lipinski definition) is 2. The molecule has 0 unspecified atom stereocenters. The van der Waals surface area contributed by atoms with Crippen molar-refractivity contribution in [2.45, 2.75) is 0 Å². The first-order valence-electron chi connectivity index (χ1n) is 7.24. The Morgan fingerprint density at radius 3 is 2.38 bits per heavy atom. The second-order valence-corrected chi connectivity index (χ2v) is 5.56. The quantitative estimate of drug-likeness (QED) is 0.461. The van der Waals surface area contributed by atoms with Gasteiger partial charge in [0.1, 0.15) is 0 Å². The number of aromatic nitrogens is 2. The highest BCUT2D eigenvalue weighted by atomic mass is 16.4. The fourth-order valence-electron chi connectivity index (χ4n) is 2.91. The van der Waals surface area contributed by atoms with E-state index in [0.717, 1.165) is 16.3 Å². The molecule has 0 amide bonds. The second kappa shape index (κ2) is 4.99. The van der Waals surface area contributed by atoms with Gasteiger partial charge in [-0.1, -0.05) is 6.07 Å². The van der Waals surface area contributed by atoms with E-state index in [9.17, 15) is 14.7 Å². The fraction of sp³-hybridized carbons (Fsp3) is 0. The molecule has 4 aromatic rings. The van der Waals surface area contributed by atoms with Gasteiger partial charge < -0.3 is 20.2 Å². The van der Waals surface area contributed by atoms with Crippen molar-refractivity contribution in [2.75, 3.05) is 0 Å². The van der Waals surface area contributed by atoms with Gasteiger partial charge in [-0.2, -0.15) is 0 Å². The van der Waals surface area contributed by atoms with Gasteiger partial charge in [-0.15, -0.1) is 0 Å². The molecule has 2 aromatic heterocycles. The lowest BCUT2D eigenvalue weighted by Crippen LogP contribution is -1.99. The Hall–Kier alpha value is -3.54. The summed E-state index contributed by atoms with van der Waals surface area (Å²) in [5.41, 5.74) is 2.94. The lowest BCUT2D eigenvalue weighted by Gasteiger charge is -2.05. The monoisotopic (exact) mass is 320 g/mol. The minimum atomic E-state index is -1.02. The van der Waals surface area contributed by atoms with Crippen molar-refractivity contribution in [1.82, 2.24) is 9.97 Å². The van der Waals surface area contributed by atoms with E-state index < -0.39 is 11.9 Å². The number of carbonyl (C=O) groups is 2. The molecule has 0 saturated carbocycles. The molecule has 0 fully saturated rings. The predicted octanol–water partition coefficient (Wildman–Crippen LogP) is 3.71. The zero-order valence-corrected chi connectivity index (χ0v) is 12.3. The van der Waals surface area contributed by atoms with Crippen LogP contribution in [0.5, 0.6) is 0 Å². The molecule has 6 heteroatoms. The zero-order chi connectivity index (χ0) is 16.8. The summed E-state index contributed by atoms with van der Waals surface area (Å²) in [7, 11) is 0. The van der Waals surface area contributed by atoms with Crippen LogP contribution in [0.4, 0.5) is 0 Å². The highest BCUT2D eigenvalue weighted by molar-refractivity contribution is 6.03. The molecular weight excluding hydrogens is 308 g/mol. The van der Waals surface area contributed by atoms with Crippen LogP contribution in [0.3, 0.4) is 0 Å². The number of hydrogen-bond donors (Lipinski definition) is 4. The summed E-state index contributed by atoms with van der Waals surface area (Å²) >= 11 is 0. The molecule has 0 aliphatic heterocycles. The Kier molecular flexibility index (Phi) is 2.93. The smallest absolute Gasteiger partial charge is 0.336 e. The third-order valence-electron chi connectivity index (χ3n) is 4.08. The first-order valence-corrected chi connectivity index (χ1v) is 7.24. The Morgan fingerprint density at radius 2 is 1.62 bits per heavy atom. The molecule has 0 atom stereocenters. The van der Waals surface area contributed by atoms with E-state index >= 15 is 0 Å². The van der Waals surface area contributed by atoms with E-state index in [0.29, 0.717) is 16.8 Å². The van der Waals surface area contributed by atoms with Gasteiger partial charge in [0.25, 0.3) is 0 Å². The SMILES string of the molecule is O=C(O)c1ccc2cc(-c3cc4cc[nH]c4cc3C(=O)O)[nH]c2c1. The number of carboxylic acids is 2. The van der Waals surface area contributed by atoms with E-state index in [1.807, 2.05) is 12.1 Å². The van der Waals surface area contributed by atoms with E-state index in [4.69, 9.17) is 5.11 Å². The van der Waals surface area contributed by atoms with Crippen LogP contribution in [0.15, 0.2) is 48.7 Å². The van der Waals surface area contributed by atoms with E-state index in [-0.39, 0.29) is 11.1 Å². The van der Waals surface area contributed by atoms with Crippen molar-refractivity contribution in [1.29, 1.82) is 0 Å². The van der Waals surface area contributed by atoms with Crippen LogP contribution in [-0.4, -0.2) is 32.1 Å². The zero-order valence-electron chi connectivity index (χ0n) is 12.3. The normalized spacial score (nSPS) is 11.2. The van der Waals surface area contributed by atoms with Crippen molar-refractivity contribution < 1.29 is 19.8 Å². The van der Waals surface area contributed by atoms with Gasteiger partial charge in [0.15, 0.2) is 0 Å². The molecule has 0 bridgehead atoms. The van der Waals surface area contributed by atoms with Crippen molar-refractivity contribution in [3.8, 4) is 11.3 Å². The number of aromatic amines is 2.